The van der Waals surface area contributed by atoms with Gasteiger partial charge in [0, 0.05) is 22.9 Å². The number of hydrogen-bond acceptors (Lipinski definition) is 2. The summed E-state index contributed by atoms with van der Waals surface area (Å²) >= 11 is 0. The molecule has 1 aliphatic rings. The second kappa shape index (κ2) is 5.64. The molecule has 21 heavy (non-hydrogen) atoms. The molecule has 3 nitrogen and oxygen atoms in total. The van der Waals surface area contributed by atoms with E-state index in [1.165, 1.54) is 31.5 Å². The first kappa shape index (κ1) is 14.3. The monoisotopic (exact) mass is 286 g/mol. The van der Waals surface area contributed by atoms with Crippen LogP contribution in [-0.4, -0.2) is 13.1 Å². The molecular formula is C18H24NO2+. The molecule has 0 aliphatic carbocycles. The zero-order chi connectivity index (χ0) is 15.0. The van der Waals surface area contributed by atoms with Crippen molar-refractivity contribution in [2.24, 2.45) is 5.92 Å². The van der Waals surface area contributed by atoms with Crippen molar-refractivity contribution in [3.63, 3.8) is 0 Å². The summed E-state index contributed by atoms with van der Waals surface area (Å²) in [6.45, 7) is 9.74. The van der Waals surface area contributed by atoms with Gasteiger partial charge < -0.3 is 9.32 Å². The first-order valence-corrected chi connectivity index (χ1v) is 7.91. The normalized spacial score (nSPS) is 22.6. The van der Waals surface area contributed by atoms with E-state index >= 15 is 0 Å². The van der Waals surface area contributed by atoms with E-state index in [0.29, 0.717) is 0 Å². The Morgan fingerprint density at radius 3 is 2.90 bits per heavy atom. The summed E-state index contributed by atoms with van der Waals surface area (Å²) in [5.74, 6) is 0.782. The smallest absolute Gasteiger partial charge is 0.336 e. The molecule has 0 saturated carbocycles. The van der Waals surface area contributed by atoms with Gasteiger partial charge in [-0.25, -0.2) is 4.79 Å². The number of nitrogens with one attached hydrogen (secondary N) is 1. The Hall–Kier alpha value is -1.61. The van der Waals surface area contributed by atoms with Crippen LogP contribution >= 0.6 is 0 Å². The molecule has 0 spiro atoms. The van der Waals surface area contributed by atoms with E-state index < -0.39 is 0 Å². The summed E-state index contributed by atoms with van der Waals surface area (Å²) in [4.78, 5) is 13.5. The molecule has 3 heteroatoms. The van der Waals surface area contributed by atoms with Crippen molar-refractivity contribution in [2.75, 3.05) is 13.1 Å². The SMILES string of the molecule is Cc1ccc2c(C[NH+]3CCC[C@H](C)C3)cc(=O)oc2c1C. The average Bonchev–Trinajstić information content (AvgIpc) is 2.43. The molecule has 1 saturated heterocycles. The third-order valence-electron chi connectivity index (χ3n) is 4.82. The Morgan fingerprint density at radius 1 is 1.33 bits per heavy atom. The third kappa shape index (κ3) is 2.88. The highest BCUT2D eigenvalue weighted by Gasteiger charge is 2.21. The van der Waals surface area contributed by atoms with E-state index in [1.807, 2.05) is 6.92 Å². The predicted molar refractivity (Wildman–Crippen MR) is 84.8 cm³/mol. The second-order valence-corrected chi connectivity index (χ2v) is 6.60. The zero-order valence-corrected chi connectivity index (χ0v) is 13.2. The van der Waals surface area contributed by atoms with E-state index in [9.17, 15) is 4.79 Å². The minimum absolute atomic E-state index is 0.226. The Labute approximate surface area is 125 Å². The van der Waals surface area contributed by atoms with Crippen LogP contribution < -0.4 is 10.5 Å². The summed E-state index contributed by atoms with van der Waals surface area (Å²) in [7, 11) is 0. The molecule has 0 amide bonds. The maximum atomic E-state index is 11.9. The van der Waals surface area contributed by atoms with Gasteiger partial charge in [0.25, 0.3) is 0 Å². The number of rotatable bonds is 2. The summed E-state index contributed by atoms with van der Waals surface area (Å²) in [6, 6.07) is 5.90. The molecule has 0 radical (unpaired) electrons. The number of benzene rings is 1. The molecule has 2 atom stereocenters. The van der Waals surface area contributed by atoms with Crippen molar-refractivity contribution in [3.05, 3.63) is 45.3 Å². The van der Waals surface area contributed by atoms with Crippen molar-refractivity contribution >= 4 is 11.0 Å². The van der Waals surface area contributed by atoms with Crippen LogP contribution in [0.5, 0.6) is 0 Å². The lowest BCUT2D eigenvalue weighted by Gasteiger charge is -2.28. The second-order valence-electron chi connectivity index (χ2n) is 6.60. The van der Waals surface area contributed by atoms with Gasteiger partial charge in [0.1, 0.15) is 12.1 Å². The van der Waals surface area contributed by atoms with Gasteiger partial charge in [-0.1, -0.05) is 19.1 Å². The maximum absolute atomic E-state index is 11.9. The zero-order valence-electron chi connectivity index (χ0n) is 13.2. The quantitative estimate of drug-likeness (QED) is 0.859. The molecule has 1 aliphatic heterocycles. The van der Waals surface area contributed by atoms with E-state index in [0.717, 1.165) is 34.6 Å². The lowest BCUT2D eigenvalue weighted by atomic mass is 9.98. The minimum Gasteiger partial charge on any atom is -0.422 e. The largest absolute Gasteiger partial charge is 0.422 e. The van der Waals surface area contributed by atoms with Crippen LogP contribution in [0.1, 0.15) is 36.5 Å². The van der Waals surface area contributed by atoms with Crippen molar-refractivity contribution in [1.82, 2.24) is 0 Å². The van der Waals surface area contributed by atoms with Crippen molar-refractivity contribution in [2.45, 2.75) is 40.2 Å². The summed E-state index contributed by atoms with van der Waals surface area (Å²) in [6.07, 6.45) is 2.62. The summed E-state index contributed by atoms with van der Waals surface area (Å²) in [5.41, 5.74) is 3.92. The molecule has 112 valence electrons. The van der Waals surface area contributed by atoms with Crippen molar-refractivity contribution in [1.29, 1.82) is 0 Å². The van der Waals surface area contributed by atoms with Crippen LogP contribution in [-0.2, 0) is 6.54 Å². The van der Waals surface area contributed by atoms with Crippen LogP contribution in [0.4, 0.5) is 0 Å². The van der Waals surface area contributed by atoms with Gasteiger partial charge in [-0.15, -0.1) is 0 Å². The first-order chi connectivity index (χ1) is 10.0. The molecule has 3 rings (SSSR count). The molecule has 1 aromatic carbocycles. The Bertz CT molecular complexity index is 717. The topological polar surface area (TPSA) is 34.7 Å². The van der Waals surface area contributed by atoms with Crippen LogP contribution in [0.3, 0.4) is 0 Å². The lowest BCUT2D eigenvalue weighted by molar-refractivity contribution is -0.922. The van der Waals surface area contributed by atoms with Crippen molar-refractivity contribution in [3.8, 4) is 0 Å². The van der Waals surface area contributed by atoms with Crippen LogP contribution in [0.25, 0.3) is 11.0 Å². The van der Waals surface area contributed by atoms with Gasteiger partial charge in [-0.3, -0.25) is 0 Å². The molecule has 0 bridgehead atoms. The van der Waals surface area contributed by atoms with E-state index in [2.05, 4.69) is 26.0 Å². The van der Waals surface area contributed by atoms with E-state index in [1.54, 1.807) is 11.0 Å². The first-order valence-electron chi connectivity index (χ1n) is 7.91. The lowest BCUT2D eigenvalue weighted by Crippen LogP contribution is -3.12. The Kier molecular flexibility index (Phi) is 3.85. The fourth-order valence-corrected chi connectivity index (χ4v) is 3.50. The molecule has 1 unspecified atom stereocenters. The summed E-state index contributed by atoms with van der Waals surface area (Å²) < 4.78 is 5.46. The number of quaternary nitrogens is 1. The minimum atomic E-state index is -0.226. The van der Waals surface area contributed by atoms with E-state index in [-0.39, 0.29) is 5.63 Å². The van der Waals surface area contributed by atoms with Gasteiger partial charge in [0.05, 0.1) is 13.1 Å². The Morgan fingerprint density at radius 2 is 2.14 bits per heavy atom. The third-order valence-corrected chi connectivity index (χ3v) is 4.82. The number of fused-ring (bicyclic) bond motifs is 1. The fourth-order valence-electron chi connectivity index (χ4n) is 3.50. The number of hydrogen-bond donors (Lipinski definition) is 1. The van der Waals surface area contributed by atoms with Crippen LogP contribution in [0.2, 0.25) is 0 Å². The highest BCUT2D eigenvalue weighted by atomic mass is 16.4. The average molecular weight is 286 g/mol. The Balaban J connectivity index is 2.02. The molecule has 2 heterocycles. The molecule has 1 N–H and O–H groups in total. The summed E-state index contributed by atoms with van der Waals surface area (Å²) in [5, 5.41) is 1.10. The number of piperidine rings is 1. The number of likely N-dealkylation sites (tertiary alicyclic amines) is 1. The van der Waals surface area contributed by atoms with Crippen molar-refractivity contribution < 1.29 is 9.32 Å². The van der Waals surface area contributed by atoms with Gasteiger partial charge in [0.2, 0.25) is 0 Å². The van der Waals surface area contributed by atoms with Gasteiger partial charge in [-0.05, 0) is 37.8 Å². The van der Waals surface area contributed by atoms with Gasteiger partial charge >= 0.3 is 5.63 Å². The van der Waals surface area contributed by atoms with Gasteiger partial charge in [0.15, 0.2) is 0 Å². The maximum Gasteiger partial charge on any atom is 0.336 e. The molecule has 2 aromatic rings. The van der Waals surface area contributed by atoms with Crippen LogP contribution in [0.15, 0.2) is 27.4 Å². The number of aryl methyl sites for hydroxylation is 2. The molecule has 1 aromatic heterocycles. The standard InChI is InChI=1S/C18H23NO2/c1-12-5-4-8-19(10-12)11-15-9-17(20)21-18-14(3)13(2)6-7-16(15)18/h6-7,9,12H,4-5,8,10-11H2,1-3H3/p+1/t12-/m0/s1. The molecule has 1 fully saturated rings. The highest BCUT2D eigenvalue weighted by Crippen LogP contribution is 2.23. The predicted octanol–water partition coefficient (Wildman–Crippen LogP) is 2.22. The highest BCUT2D eigenvalue weighted by molar-refractivity contribution is 5.83. The van der Waals surface area contributed by atoms with Crippen LogP contribution in [0, 0.1) is 19.8 Å². The molecular weight excluding hydrogens is 262 g/mol. The fraction of sp³-hybridized carbons (Fsp3) is 0.500. The van der Waals surface area contributed by atoms with Gasteiger partial charge in [-0.2, -0.15) is 0 Å². The van der Waals surface area contributed by atoms with E-state index in [4.69, 9.17) is 4.42 Å².